The van der Waals surface area contributed by atoms with Crippen molar-refractivity contribution in [3.8, 4) is 0 Å². The van der Waals surface area contributed by atoms with E-state index in [1.807, 2.05) is 67.6 Å². The highest BCUT2D eigenvalue weighted by Crippen LogP contribution is 2.34. The Morgan fingerprint density at radius 3 is 2.35 bits per heavy atom. The first kappa shape index (κ1) is 24.2. The third-order valence-corrected chi connectivity index (χ3v) is 7.29. The molecule has 1 aliphatic heterocycles. The number of amides is 3. The summed E-state index contributed by atoms with van der Waals surface area (Å²) >= 11 is 0. The summed E-state index contributed by atoms with van der Waals surface area (Å²) in [6, 6.07) is 18.8. The number of aliphatic hydroxyl groups excluding tert-OH is 1. The SMILES string of the molecule is C[C@](c1ccccc1)([C@H](O)CNC1CCCCC1)N(Cc1ccccc1)C(=O)[C@@H]1CNC(=O)N1. The van der Waals surface area contributed by atoms with Gasteiger partial charge in [-0.2, -0.15) is 0 Å². The van der Waals surface area contributed by atoms with Crippen LogP contribution in [-0.4, -0.2) is 53.2 Å². The Hall–Kier alpha value is -2.90. The minimum Gasteiger partial charge on any atom is -0.389 e. The van der Waals surface area contributed by atoms with Crippen molar-refractivity contribution in [1.82, 2.24) is 20.9 Å². The molecule has 182 valence electrons. The van der Waals surface area contributed by atoms with Crippen LogP contribution in [0.3, 0.4) is 0 Å². The Morgan fingerprint density at radius 1 is 1.09 bits per heavy atom. The van der Waals surface area contributed by atoms with Crippen LogP contribution in [0.2, 0.25) is 0 Å². The second kappa shape index (κ2) is 11.0. The molecule has 7 nitrogen and oxygen atoms in total. The summed E-state index contributed by atoms with van der Waals surface area (Å²) in [5, 5.41) is 20.7. The Labute approximate surface area is 201 Å². The molecule has 3 atom stereocenters. The fraction of sp³-hybridized carbons (Fsp3) is 0.481. The van der Waals surface area contributed by atoms with Crippen molar-refractivity contribution >= 4 is 11.9 Å². The van der Waals surface area contributed by atoms with Gasteiger partial charge >= 0.3 is 6.03 Å². The van der Waals surface area contributed by atoms with E-state index < -0.39 is 17.7 Å². The summed E-state index contributed by atoms with van der Waals surface area (Å²) in [4.78, 5) is 27.4. The maximum atomic E-state index is 13.9. The quantitative estimate of drug-likeness (QED) is 0.459. The molecule has 1 heterocycles. The molecule has 2 aromatic rings. The smallest absolute Gasteiger partial charge is 0.315 e. The molecule has 2 aliphatic rings. The number of carbonyl (C=O) groups is 2. The van der Waals surface area contributed by atoms with Crippen molar-refractivity contribution in [2.75, 3.05) is 13.1 Å². The molecule has 4 rings (SSSR count). The molecular formula is C27H36N4O3. The topological polar surface area (TPSA) is 93.7 Å². The predicted molar refractivity (Wildman–Crippen MR) is 132 cm³/mol. The zero-order valence-corrected chi connectivity index (χ0v) is 19.9. The van der Waals surface area contributed by atoms with Gasteiger partial charge in [0.1, 0.15) is 6.04 Å². The van der Waals surface area contributed by atoms with Crippen LogP contribution in [0.25, 0.3) is 0 Å². The highest BCUT2D eigenvalue weighted by Gasteiger charge is 2.46. The summed E-state index contributed by atoms with van der Waals surface area (Å²) in [7, 11) is 0. The molecule has 1 saturated heterocycles. The van der Waals surface area contributed by atoms with Gasteiger partial charge in [0.25, 0.3) is 0 Å². The Balaban J connectivity index is 1.67. The molecule has 1 saturated carbocycles. The van der Waals surface area contributed by atoms with Crippen LogP contribution in [-0.2, 0) is 16.9 Å². The molecule has 3 amide bonds. The van der Waals surface area contributed by atoms with E-state index in [9.17, 15) is 14.7 Å². The molecule has 0 radical (unpaired) electrons. The number of carbonyl (C=O) groups excluding carboxylic acids is 2. The fourth-order valence-electron chi connectivity index (χ4n) is 5.12. The maximum absolute atomic E-state index is 13.9. The van der Waals surface area contributed by atoms with Crippen molar-refractivity contribution in [1.29, 1.82) is 0 Å². The lowest BCUT2D eigenvalue weighted by Crippen LogP contribution is -2.60. The number of benzene rings is 2. The standard InChI is InChI=1S/C27H36N4O3/c1-27(21-13-7-3-8-14-21,24(32)18-28-22-15-9-4-10-16-22)31(19-20-11-5-2-6-12-20)25(33)23-17-29-26(34)30-23/h2-3,5-8,11-14,22-24,28,32H,4,9-10,15-19H2,1H3,(H2,29,30,34)/t23-,24+,27-/m0/s1. The molecule has 0 unspecified atom stereocenters. The normalized spacial score (nSPS) is 21.2. The molecule has 0 aromatic heterocycles. The Bertz CT molecular complexity index is 949. The van der Waals surface area contributed by atoms with Gasteiger partial charge in [-0.05, 0) is 30.9 Å². The maximum Gasteiger partial charge on any atom is 0.315 e. The molecule has 0 bridgehead atoms. The van der Waals surface area contributed by atoms with Gasteiger partial charge in [0.2, 0.25) is 5.91 Å². The first-order chi connectivity index (χ1) is 16.5. The van der Waals surface area contributed by atoms with Crippen LogP contribution in [0.4, 0.5) is 4.79 Å². The fourth-order valence-corrected chi connectivity index (χ4v) is 5.12. The van der Waals surface area contributed by atoms with Gasteiger partial charge in [-0.3, -0.25) is 4.79 Å². The van der Waals surface area contributed by atoms with E-state index in [4.69, 9.17) is 0 Å². The molecule has 2 fully saturated rings. The van der Waals surface area contributed by atoms with E-state index in [0.29, 0.717) is 19.1 Å². The first-order valence-corrected chi connectivity index (χ1v) is 12.3. The van der Waals surface area contributed by atoms with Gasteiger partial charge in [0.05, 0.1) is 11.6 Å². The highest BCUT2D eigenvalue weighted by atomic mass is 16.3. The van der Waals surface area contributed by atoms with E-state index >= 15 is 0 Å². The third-order valence-electron chi connectivity index (χ3n) is 7.29. The summed E-state index contributed by atoms with van der Waals surface area (Å²) < 4.78 is 0. The number of nitrogens with zero attached hydrogens (tertiary/aromatic N) is 1. The van der Waals surface area contributed by atoms with E-state index in [1.54, 1.807) is 4.90 Å². The second-order valence-corrected chi connectivity index (χ2v) is 9.59. The lowest BCUT2D eigenvalue weighted by Gasteiger charge is -2.46. The number of nitrogens with one attached hydrogen (secondary N) is 3. The molecule has 4 N–H and O–H groups in total. The van der Waals surface area contributed by atoms with E-state index in [1.165, 1.54) is 19.3 Å². The largest absolute Gasteiger partial charge is 0.389 e. The molecular weight excluding hydrogens is 428 g/mol. The van der Waals surface area contributed by atoms with Gasteiger partial charge in [-0.1, -0.05) is 79.9 Å². The van der Waals surface area contributed by atoms with E-state index in [-0.39, 0.29) is 18.5 Å². The third kappa shape index (κ3) is 5.42. The average molecular weight is 465 g/mol. The monoisotopic (exact) mass is 464 g/mol. The number of rotatable bonds is 9. The number of aliphatic hydroxyl groups is 1. The summed E-state index contributed by atoms with van der Waals surface area (Å²) in [6.45, 7) is 2.85. The minimum absolute atomic E-state index is 0.217. The average Bonchev–Trinajstić information content (AvgIpc) is 3.33. The number of hydrogen-bond donors (Lipinski definition) is 4. The lowest BCUT2D eigenvalue weighted by molar-refractivity contribution is -0.146. The highest BCUT2D eigenvalue weighted by molar-refractivity contribution is 5.91. The van der Waals surface area contributed by atoms with Gasteiger partial charge < -0.3 is 26.0 Å². The second-order valence-electron chi connectivity index (χ2n) is 9.59. The van der Waals surface area contributed by atoms with Crippen LogP contribution in [0.5, 0.6) is 0 Å². The molecule has 0 spiro atoms. The molecule has 1 aliphatic carbocycles. The van der Waals surface area contributed by atoms with Crippen molar-refractivity contribution < 1.29 is 14.7 Å². The van der Waals surface area contributed by atoms with E-state index in [2.05, 4.69) is 16.0 Å². The lowest BCUT2D eigenvalue weighted by atomic mass is 9.82. The van der Waals surface area contributed by atoms with Crippen molar-refractivity contribution in [3.63, 3.8) is 0 Å². The number of urea groups is 1. The Morgan fingerprint density at radius 2 is 1.74 bits per heavy atom. The molecule has 7 heteroatoms. The van der Waals surface area contributed by atoms with Crippen LogP contribution in [0.15, 0.2) is 60.7 Å². The van der Waals surface area contributed by atoms with Gasteiger partial charge in [-0.25, -0.2) is 4.79 Å². The van der Waals surface area contributed by atoms with Crippen LogP contribution in [0, 0.1) is 0 Å². The van der Waals surface area contributed by atoms with Gasteiger partial charge in [-0.15, -0.1) is 0 Å². The van der Waals surface area contributed by atoms with Crippen molar-refractivity contribution in [2.24, 2.45) is 0 Å². The van der Waals surface area contributed by atoms with Gasteiger partial charge in [0, 0.05) is 25.7 Å². The first-order valence-electron chi connectivity index (χ1n) is 12.3. The van der Waals surface area contributed by atoms with Gasteiger partial charge in [0.15, 0.2) is 0 Å². The minimum atomic E-state index is -1.01. The van der Waals surface area contributed by atoms with Crippen LogP contribution < -0.4 is 16.0 Å². The number of hydrogen-bond acceptors (Lipinski definition) is 4. The zero-order chi connectivity index (χ0) is 24.0. The molecule has 34 heavy (non-hydrogen) atoms. The van der Waals surface area contributed by atoms with Crippen LogP contribution >= 0.6 is 0 Å². The van der Waals surface area contributed by atoms with Crippen LogP contribution in [0.1, 0.15) is 50.2 Å². The zero-order valence-electron chi connectivity index (χ0n) is 19.9. The van der Waals surface area contributed by atoms with Crippen molar-refractivity contribution in [2.45, 2.75) is 69.3 Å². The summed E-state index contributed by atoms with van der Waals surface area (Å²) in [5.74, 6) is -0.217. The Kier molecular flexibility index (Phi) is 7.85. The van der Waals surface area contributed by atoms with E-state index in [0.717, 1.165) is 24.0 Å². The summed E-state index contributed by atoms with van der Waals surface area (Å²) in [6.07, 6.45) is 5.05. The predicted octanol–water partition coefficient (Wildman–Crippen LogP) is 2.90. The molecule has 2 aromatic carbocycles. The summed E-state index contributed by atoms with van der Waals surface area (Å²) in [5.41, 5.74) is 0.806. The van der Waals surface area contributed by atoms with Crippen molar-refractivity contribution in [3.05, 3.63) is 71.8 Å².